The van der Waals surface area contributed by atoms with Crippen LogP contribution in [0.1, 0.15) is 75.7 Å². The van der Waals surface area contributed by atoms with Crippen molar-refractivity contribution >= 4 is 23.9 Å². The lowest BCUT2D eigenvalue weighted by molar-refractivity contribution is -0.147. The molecule has 2 rings (SSSR count). The van der Waals surface area contributed by atoms with Gasteiger partial charge in [-0.3, -0.25) is 14.4 Å². The van der Waals surface area contributed by atoms with E-state index in [-0.39, 0.29) is 43.8 Å². The monoisotopic (exact) mass is 555 g/mol. The first-order valence-electron chi connectivity index (χ1n) is 13.6. The first-order chi connectivity index (χ1) is 18.9. The third-order valence-corrected chi connectivity index (χ3v) is 6.21. The molecule has 218 valence electrons. The summed E-state index contributed by atoms with van der Waals surface area (Å²) in [5.74, 6) is -1.34. The fourth-order valence-corrected chi connectivity index (χ4v) is 3.80. The van der Waals surface area contributed by atoms with Gasteiger partial charge in [-0.1, -0.05) is 52.0 Å². The minimum absolute atomic E-state index is 0.0132. The number of ether oxygens (including phenoxy) is 4. The lowest BCUT2D eigenvalue weighted by atomic mass is 9.88. The van der Waals surface area contributed by atoms with Crippen molar-refractivity contribution in [2.75, 3.05) is 13.7 Å². The minimum Gasteiger partial charge on any atom is -0.468 e. The van der Waals surface area contributed by atoms with Crippen LogP contribution in [0, 0.1) is 11.8 Å². The number of carbonyl (C=O) groups is 4. The molecule has 0 unspecified atom stereocenters. The maximum atomic E-state index is 12.7. The van der Waals surface area contributed by atoms with Gasteiger partial charge in [0.05, 0.1) is 19.3 Å². The summed E-state index contributed by atoms with van der Waals surface area (Å²) in [5.41, 5.74) is 5.85. The van der Waals surface area contributed by atoms with Crippen molar-refractivity contribution in [3.05, 3.63) is 59.7 Å². The van der Waals surface area contributed by atoms with Gasteiger partial charge in [0.1, 0.15) is 5.54 Å². The fraction of sp³-hybridized carbons (Fsp3) is 0.484. The second kappa shape index (κ2) is 15.8. The van der Waals surface area contributed by atoms with Crippen molar-refractivity contribution in [2.24, 2.45) is 17.6 Å². The molecule has 40 heavy (non-hydrogen) atoms. The average molecular weight is 556 g/mol. The van der Waals surface area contributed by atoms with Crippen LogP contribution in [0.4, 0.5) is 0 Å². The average Bonchev–Trinajstić information content (AvgIpc) is 2.92. The van der Waals surface area contributed by atoms with E-state index in [1.165, 1.54) is 19.2 Å². The predicted octanol–water partition coefficient (Wildman–Crippen LogP) is 5.03. The van der Waals surface area contributed by atoms with E-state index in [1.54, 1.807) is 36.4 Å². The van der Waals surface area contributed by atoms with Gasteiger partial charge >= 0.3 is 23.9 Å². The Labute approximate surface area is 236 Å². The van der Waals surface area contributed by atoms with Gasteiger partial charge in [0.2, 0.25) is 0 Å². The molecule has 0 spiro atoms. The highest BCUT2D eigenvalue weighted by Gasteiger charge is 2.36. The molecule has 0 radical (unpaired) electrons. The highest BCUT2D eigenvalue weighted by molar-refractivity contribution is 5.89. The first-order valence-corrected chi connectivity index (χ1v) is 13.6. The van der Waals surface area contributed by atoms with Crippen LogP contribution in [0.2, 0.25) is 0 Å². The molecule has 0 fully saturated rings. The first kappa shape index (κ1) is 32.5. The maximum absolute atomic E-state index is 12.7. The fourth-order valence-electron chi connectivity index (χ4n) is 3.80. The van der Waals surface area contributed by atoms with Gasteiger partial charge in [-0.25, -0.2) is 4.79 Å². The molecule has 0 heterocycles. The van der Waals surface area contributed by atoms with Gasteiger partial charge in [-0.2, -0.15) is 0 Å². The lowest BCUT2D eigenvalue weighted by Gasteiger charge is -2.27. The van der Waals surface area contributed by atoms with Gasteiger partial charge in [0.25, 0.3) is 0 Å². The topological polar surface area (TPSA) is 131 Å². The molecule has 2 aromatic carbocycles. The molecule has 1 atom stereocenters. The van der Waals surface area contributed by atoms with E-state index in [4.69, 9.17) is 24.7 Å². The molecule has 0 saturated carbocycles. The molecule has 0 aromatic heterocycles. The standard InChI is InChI=1S/C31H41NO8/c1-21(2)11-15-27(33)39-25-14-13-23(19-26(25)40-28(34)16-12-22(3)4)20-31(32,30(36)37-5)17-18-38-29(35)24-9-7-6-8-10-24/h6-10,13-14,19,21-22H,11-12,15-18,20,32H2,1-5H3/t31-/m1/s1. The number of methoxy groups -OCH3 is 1. The SMILES string of the molecule is COC(=O)[C@@](N)(CCOC(=O)c1ccccc1)Cc1ccc(OC(=O)CCC(C)C)c(OC(=O)CCC(C)C)c1. The zero-order valence-electron chi connectivity index (χ0n) is 24.1. The third kappa shape index (κ3) is 10.8. The molecule has 0 aliphatic heterocycles. The molecule has 0 amide bonds. The highest BCUT2D eigenvalue weighted by Crippen LogP contribution is 2.31. The van der Waals surface area contributed by atoms with E-state index in [0.717, 1.165) is 0 Å². The number of carbonyl (C=O) groups excluding carboxylic acids is 4. The minimum atomic E-state index is -1.54. The van der Waals surface area contributed by atoms with Crippen LogP contribution in [-0.2, 0) is 30.3 Å². The largest absolute Gasteiger partial charge is 0.468 e. The quantitative estimate of drug-likeness (QED) is 0.237. The van der Waals surface area contributed by atoms with Gasteiger partial charge in [-0.15, -0.1) is 0 Å². The Balaban J connectivity index is 2.23. The van der Waals surface area contributed by atoms with Crippen LogP contribution in [0.3, 0.4) is 0 Å². The van der Waals surface area contributed by atoms with Gasteiger partial charge in [0.15, 0.2) is 11.5 Å². The smallest absolute Gasteiger partial charge is 0.338 e. The summed E-state index contributed by atoms with van der Waals surface area (Å²) in [7, 11) is 1.22. The summed E-state index contributed by atoms with van der Waals surface area (Å²) < 4.78 is 21.4. The van der Waals surface area contributed by atoms with Crippen molar-refractivity contribution < 1.29 is 38.1 Å². The zero-order valence-corrected chi connectivity index (χ0v) is 24.1. The molecular weight excluding hydrogens is 514 g/mol. The third-order valence-electron chi connectivity index (χ3n) is 6.21. The molecule has 0 aliphatic rings. The van der Waals surface area contributed by atoms with Gasteiger partial charge in [-0.05, 0) is 54.5 Å². The molecule has 0 saturated heterocycles. The Hall–Kier alpha value is -3.72. The molecule has 0 bridgehead atoms. The number of rotatable bonds is 15. The molecular formula is C31H41NO8. The summed E-state index contributed by atoms with van der Waals surface area (Å²) in [6.45, 7) is 7.89. The van der Waals surface area contributed by atoms with Crippen LogP contribution < -0.4 is 15.2 Å². The Morgan fingerprint density at radius 3 is 1.95 bits per heavy atom. The number of nitrogens with two attached hydrogens (primary N) is 1. The number of benzene rings is 2. The second-order valence-corrected chi connectivity index (χ2v) is 10.7. The second-order valence-electron chi connectivity index (χ2n) is 10.7. The normalized spacial score (nSPS) is 12.5. The van der Waals surface area contributed by atoms with Crippen molar-refractivity contribution in [1.29, 1.82) is 0 Å². The molecule has 9 nitrogen and oxygen atoms in total. The molecule has 2 aromatic rings. The van der Waals surface area contributed by atoms with Gasteiger partial charge in [0, 0.05) is 25.7 Å². The Morgan fingerprint density at radius 2 is 1.40 bits per heavy atom. The van der Waals surface area contributed by atoms with Crippen molar-refractivity contribution in [3.63, 3.8) is 0 Å². The number of hydrogen-bond acceptors (Lipinski definition) is 9. The highest BCUT2D eigenvalue weighted by atomic mass is 16.6. The summed E-state index contributed by atoms with van der Waals surface area (Å²) in [6, 6.07) is 13.1. The van der Waals surface area contributed by atoms with Crippen molar-refractivity contribution in [2.45, 2.75) is 71.8 Å². The van der Waals surface area contributed by atoms with E-state index >= 15 is 0 Å². The summed E-state index contributed by atoms with van der Waals surface area (Å²) >= 11 is 0. The van der Waals surface area contributed by atoms with Crippen molar-refractivity contribution in [1.82, 2.24) is 0 Å². The predicted molar refractivity (Wildman–Crippen MR) is 150 cm³/mol. The zero-order chi connectivity index (χ0) is 29.7. The van der Waals surface area contributed by atoms with Crippen LogP contribution >= 0.6 is 0 Å². The van der Waals surface area contributed by atoms with Crippen LogP contribution in [0.15, 0.2) is 48.5 Å². The van der Waals surface area contributed by atoms with Crippen LogP contribution in [0.5, 0.6) is 11.5 Å². The summed E-state index contributed by atoms with van der Waals surface area (Å²) in [6.07, 6.45) is 1.67. The Bertz CT molecular complexity index is 1150. The van der Waals surface area contributed by atoms with Gasteiger partial charge < -0.3 is 24.7 Å². The van der Waals surface area contributed by atoms with E-state index in [1.807, 2.05) is 27.7 Å². The number of hydrogen-bond donors (Lipinski definition) is 1. The lowest BCUT2D eigenvalue weighted by Crippen LogP contribution is -2.51. The molecule has 9 heteroatoms. The van der Waals surface area contributed by atoms with Crippen LogP contribution in [0.25, 0.3) is 0 Å². The Morgan fingerprint density at radius 1 is 0.825 bits per heavy atom. The summed E-state index contributed by atoms with van der Waals surface area (Å²) in [4.78, 5) is 49.9. The van der Waals surface area contributed by atoms with E-state index in [9.17, 15) is 19.2 Å². The Kier molecular flexibility index (Phi) is 12.8. The van der Waals surface area contributed by atoms with E-state index < -0.39 is 29.4 Å². The number of esters is 4. The van der Waals surface area contributed by atoms with E-state index in [0.29, 0.717) is 35.8 Å². The van der Waals surface area contributed by atoms with E-state index in [2.05, 4.69) is 0 Å². The molecule has 0 aliphatic carbocycles. The maximum Gasteiger partial charge on any atom is 0.338 e. The molecule has 2 N–H and O–H groups in total. The van der Waals surface area contributed by atoms with Crippen LogP contribution in [-0.4, -0.2) is 43.1 Å². The summed E-state index contributed by atoms with van der Waals surface area (Å²) in [5, 5.41) is 0. The van der Waals surface area contributed by atoms with Crippen molar-refractivity contribution in [3.8, 4) is 11.5 Å².